The first-order chi connectivity index (χ1) is 9.39. The molecular weight excluding hydrogens is 242 g/mol. The van der Waals surface area contributed by atoms with Crippen LogP contribution in [-0.4, -0.2) is 12.6 Å². The van der Waals surface area contributed by atoms with Gasteiger partial charge in [0.2, 0.25) is 0 Å². The molecule has 0 saturated heterocycles. The first-order valence-electron chi connectivity index (χ1n) is 8.20. The van der Waals surface area contributed by atoms with Gasteiger partial charge in [-0.1, -0.05) is 50.6 Å². The van der Waals surface area contributed by atoms with Crippen LogP contribution in [0.5, 0.6) is 0 Å². The molecule has 0 aromatic heterocycles. The van der Waals surface area contributed by atoms with Crippen molar-refractivity contribution in [1.82, 2.24) is 5.32 Å². The lowest BCUT2D eigenvalue weighted by Gasteiger charge is -2.53. The molecule has 1 heteroatoms. The highest BCUT2D eigenvalue weighted by Gasteiger charge is 2.49. The van der Waals surface area contributed by atoms with Gasteiger partial charge in [0, 0.05) is 18.0 Å². The van der Waals surface area contributed by atoms with Gasteiger partial charge in [0.05, 0.1) is 0 Å². The summed E-state index contributed by atoms with van der Waals surface area (Å²) in [4.78, 5) is 0. The fraction of sp³-hybridized carbons (Fsp3) is 0.684. The van der Waals surface area contributed by atoms with Crippen molar-refractivity contribution >= 4 is 0 Å². The minimum absolute atomic E-state index is 0.397. The molecule has 0 radical (unpaired) electrons. The summed E-state index contributed by atoms with van der Waals surface area (Å²) in [5.74, 6) is 0.866. The molecule has 0 spiro atoms. The summed E-state index contributed by atoms with van der Waals surface area (Å²) in [5, 5.41) is 3.78. The molecule has 0 bridgehead atoms. The molecule has 2 aliphatic carbocycles. The predicted octanol–water partition coefficient (Wildman–Crippen LogP) is 4.44. The van der Waals surface area contributed by atoms with Gasteiger partial charge in [-0.3, -0.25) is 0 Å². The van der Waals surface area contributed by atoms with Crippen LogP contribution in [0.3, 0.4) is 0 Å². The number of hydrogen-bond acceptors (Lipinski definition) is 1. The van der Waals surface area contributed by atoms with Crippen molar-refractivity contribution in [1.29, 1.82) is 0 Å². The number of aryl methyl sites for hydroxylation is 1. The molecule has 0 amide bonds. The van der Waals surface area contributed by atoms with Gasteiger partial charge >= 0.3 is 0 Å². The van der Waals surface area contributed by atoms with Crippen LogP contribution in [0.2, 0.25) is 0 Å². The van der Waals surface area contributed by atoms with Crippen LogP contribution in [-0.2, 0) is 5.41 Å². The van der Waals surface area contributed by atoms with Gasteiger partial charge in [-0.2, -0.15) is 0 Å². The van der Waals surface area contributed by atoms with E-state index in [1.165, 1.54) is 37.8 Å². The van der Waals surface area contributed by atoms with Crippen molar-refractivity contribution in [2.75, 3.05) is 6.54 Å². The largest absolute Gasteiger partial charge is 0.313 e. The van der Waals surface area contributed by atoms with E-state index >= 15 is 0 Å². The number of hydrogen-bond donors (Lipinski definition) is 1. The van der Waals surface area contributed by atoms with Crippen molar-refractivity contribution in [3.05, 3.63) is 35.4 Å². The molecule has 1 nitrogen and oxygen atoms in total. The lowest BCUT2D eigenvalue weighted by molar-refractivity contribution is 0.0446. The van der Waals surface area contributed by atoms with Crippen LogP contribution >= 0.6 is 0 Å². The fourth-order valence-corrected chi connectivity index (χ4v) is 3.51. The zero-order valence-electron chi connectivity index (χ0n) is 13.5. The van der Waals surface area contributed by atoms with Gasteiger partial charge in [-0.25, -0.2) is 0 Å². The van der Waals surface area contributed by atoms with E-state index < -0.39 is 0 Å². The number of benzene rings is 1. The second kappa shape index (κ2) is 4.87. The molecule has 2 aliphatic rings. The number of rotatable bonds is 4. The quantitative estimate of drug-likeness (QED) is 0.853. The highest BCUT2D eigenvalue weighted by Crippen LogP contribution is 2.54. The molecule has 2 saturated carbocycles. The third kappa shape index (κ3) is 2.79. The minimum Gasteiger partial charge on any atom is -0.313 e. The van der Waals surface area contributed by atoms with Crippen molar-refractivity contribution < 1.29 is 0 Å². The van der Waals surface area contributed by atoms with Crippen LogP contribution in [0, 0.1) is 18.3 Å². The molecule has 20 heavy (non-hydrogen) atoms. The Bertz CT molecular complexity index is 456. The van der Waals surface area contributed by atoms with E-state index in [1.807, 2.05) is 0 Å². The maximum Gasteiger partial charge on any atom is 0.00835 e. The molecule has 0 aliphatic heterocycles. The van der Waals surface area contributed by atoms with Crippen LogP contribution in [0.4, 0.5) is 0 Å². The lowest BCUT2D eigenvalue weighted by atomic mass is 9.52. The van der Waals surface area contributed by atoms with Gasteiger partial charge in [-0.15, -0.1) is 0 Å². The average Bonchev–Trinajstić information content (AvgIpc) is 3.12. The van der Waals surface area contributed by atoms with E-state index in [4.69, 9.17) is 0 Å². The Morgan fingerprint density at radius 2 is 1.70 bits per heavy atom. The summed E-state index contributed by atoms with van der Waals surface area (Å²) in [6.07, 6.45) is 5.46. The second-order valence-corrected chi connectivity index (χ2v) is 8.27. The molecule has 0 heterocycles. The van der Waals surface area contributed by atoms with Gasteiger partial charge in [0.1, 0.15) is 0 Å². The van der Waals surface area contributed by atoms with E-state index in [1.54, 1.807) is 5.56 Å². The Morgan fingerprint density at radius 1 is 1.10 bits per heavy atom. The van der Waals surface area contributed by atoms with Crippen molar-refractivity contribution in [2.24, 2.45) is 11.3 Å². The van der Waals surface area contributed by atoms with Gasteiger partial charge in [0.25, 0.3) is 0 Å². The summed E-state index contributed by atoms with van der Waals surface area (Å²) >= 11 is 0. The zero-order valence-corrected chi connectivity index (χ0v) is 13.5. The normalized spacial score (nSPS) is 30.1. The van der Waals surface area contributed by atoms with E-state index in [2.05, 4.69) is 57.3 Å². The summed E-state index contributed by atoms with van der Waals surface area (Å²) < 4.78 is 0. The molecule has 3 rings (SSSR count). The molecule has 0 unspecified atom stereocenters. The Kier molecular flexibility index (Phi) is 3.44. The number of nitrogens with one attached hydrogen (secondary N) is 1. The minimum atomic E-state index is 0.397. The fourth-order valence-electron chi connectivity index (χ4n) is 3.51. The predicted molar refractivity (Wildman–Crippen MR) is 86.1 cm³/mol. The molecule has 1 aromatic rings. The van der Waals surface area contributed by atoms with E-state index in [9.17, 15) is 0 Å². The maximum atomic E-state index is 3.78. The highest BCUT2D eigenvalue weighted by atomic mass is 15.0. The van der Waals surface area contributed by atoms with Crippen LogP contribution in [0.25, 0.3) is 0 Å². The summed E-state index contributed by atoms with van der Waals surface area (Å²) in [5.41, 5.74) is 3.77. The third-order valence-corrected chi connectivity index (χ3v) is 5.47. The summed E-state index contributed by atoms with van der Waals surface area (Å²) in [7, 11) is 0. The van der Waals surface area contributed by atoms with Gasteiger partial charge in [-0.05, 0) is 49.5 Å². The molecule has 2 fully saturated rings. The van der Waals surface area contributed by atoms with Crippen LogP contribution in [0.15, 0.2) is 24.3 Å². The summed E-state index contributed by atoms with van der Waals surface area (Å²) in [6.45, 7) is 10.5. The molecule has 1 N–H and O–H groups in total. The van der Waals surface area contributed by atoms with Gasteiger partial charge < -0.3 is 5.32 Å². The molecule has 1 aromatic carbocycles. The van der Waals surface area contributed by atoms with Crippen molar-refractivity contribution in [2.45, 2.75) is 64.8 Å². The van der Waals surface area contributed by atoms with Crippen LogP contribution in [0.1, 0.15) is 57.6 Å². The van der Waals surface area contributed by atoms with E-state index in [-0.39, 0.29) is 0 Å². The first-order valence-corrected chi connectivity index (χ1v) is 8.20. The lowest BCUT2D eigenvalue weighted by Crippen LogP contribution is -2.52. The third-order valence-electron chi connectivity index (χ3n) is 5.47. The van der Waals surface area contributed by atoms with E-state index in [0.29, 0.717) is 10.8 Å². The molecule has 0 atom stereocenters. The zero-order chi connectivity index (χ0) is 14.4. The van der Waals surface area contributed by atoms with Crippen molar-refractivity contribution in [3.63, 3.8) is 0 Å². The first kappa shape index (κ1) is 14.1. The SMILES string of the molecule is Cc1ccc(C2(CNC3CC3)CC(C(C)(C)C)C2)cc1. The topological polar surface area (TPSA) is 12.0 Å². The Balaban J connectivity index is 1.76. The molecule has 110 valence electrons. The summed E-state index contributed by atoms with van der Waals surface area (Å²) in [6, 6.07) is 10.1. The van der Waals surface area contributed by atoms with E-state index in [0.717, 1.165) is 12.0 Å². The Hall–Kier alpha value is -0.820. The maximum absolute atomic E-state index is 3.78. The van der Waals surface area contributed by atoms with Gasteiger partial charge in [0.15, 0.2) is 0 Å². The van der Waals surface area contributed by atoms with Crippen LogP contribution < -0.4 is 5.32 Å². The second-order valence-electron chi connectivity index (χ2n) is 8.27. The standard InChI is InChI=1S/C19H29N/c1-14-5-7-15(8-6-14)19(13-20-17-9-10-17)11-16(12-19)18(2,3)4/h5-8,16-17,20H,9-13H2,1-4H3. The Labute approximate surface area is 124 Å². The average molecular weight is 271 g/mol. The molecular formula is C19H29N. The smallest absolute Gasteiger partial charge is 0.00835 e. The monoisotopic (exact) mass is 271 g/mol. The van der Waals surface area contributed by atoms with Crippen molar-refractivity contribution in [3.8, 4) is 0 Å². The Morgan fingerprint density at radius 3 is 2.20 bits per heavy atom. The highest BCUT2D eigenvalue weighted by molar-refractivity contribution is 5.32.